The van der Waals surface area contributed by atoms with E-state index in [1.54, 1.807) is 6.08 Å². The molecule has 0 aromatic heterocycles. The number of hydrogen-bond acceptors (Lipinski definition) is 2. The van der Waals surface area contributed by atoms with Crippen molar-refractivity contribution in [2.45, 2.75) is 6.92 Å². The van der Waals surface area contributed by atoms with Crippen LogP contribution in [0.2, 0.25) is 0 Å². The lowest BCUT2D eigenvalue weighted by Gasteiger charge is -2.22. The van der Waals surface area contributed by atoms with Gasteiger partial charge in [-0.15, -0.1) is 12.6 Å². The number of rotatable bonds is 1. The molecular formula is C8H8S2. The standard InChI is InChI=1S/C8H8S2/c1-3-5-7(9)6(4-2)8(5)10/h3-4,9H,1H2,2H3. The summed E-state index contributed by atoms with van der Waals surface area (Å²) in [6.07, 6.45) is 3.72. The summed E-state index contributed by atoms with van der Waals surface area (Å²) in [5.74, 6) is 0. The van der Waals surface area contributed by atoms with Gasteiger partial charge in [0, 0.05) is 16.1 Å². The molecule has 0 bridgehead atoms. The van der Waals surface area contributed by atoms with Crippen LogP contribution in [0.1, 0.15) is 6.92 Å². The van der Waals surface area contributed by atoms with Crippen LogP contribution < -0.4 is 0 Å². The molecule has 1 aliphatic carbocycles. The van der Waals surface area contributed by atoms with E-state index < -0.39 is 0 Å². The summed E-state index contributed by atoms with van der Waals surface area (Å²) in [5, 5.41) is 0. The quantitative estimate of drug-likeness (QED) is 0.357. The van der Waals surface area contributed by atoms with E-state index in [-0.39, 0.29) is 0 Å². The molecule has 0 amide bonds. The molecular weight excluding hydrogens is 160 g/mol. The van der Waals surface area contributed by atoms with Gasteiger partial charge in [-0.05, 0) is 6.92 Å². The molecule has 0 N–H and O–H groups in total. The Morgan fingerprint density at radius 3 is 2.50 bits per heavy atom. The monoisotopic (exact) mass is 168 g/mol. The summed E-state index contributed by atoms with van der Waals surface area (Å²) in [5.41, 5.74) is 2.08. The van der Waals surface area contributed by atoms with Crippen LogP contribution >= 0.6 is 24.8 Å². The maximum Gasteiger partial charge on any atom is 0.0541 e. The minimum absolute atomic E-state index is 0.891. The van der Waals surface area contributed by atoms with Crippen LogP contribution in [0.3, 0.4) is 0 Å². The van der Waals surface area contributed by atoms with Crippen LogP contribution in [0.15, 0.2) is 34.8 Å². The molecule has 0 fully saturated rings. The van der Waals surface area contributed by atoms with E-state index in [1.165, 1.54) is 0 Å². The molecule has 0 atom stereocenters. The first-order valence-electron chi connectivity index (χ1n) is 2.99. The van der Waals surface area contributed by atoms with Gasteiger partial charge in [0.1, 0.15) is 0 Å². The molecule has 10 heavy (non-hydrogen) atoms. The molecule has 0 aromatic carbocycles. The molecule has 0 radical (unpaired) electrons. The fourth-order valence-corrected chi connectivity index (χ4v) is 1.90. The Morgan fingerprint density at radius 1 is 1.60 bits per heavy atom. The lowest BCUT2D eigenvalue weighted by molar-refractivity contribution is 1.54. The zero-order chi connectivity index (χ0) is 7.72. The van der Waals surface area contributed by atoms with E-state index >= 15 is 0 Å². The summed E-state index contributed by atoms with van der Waals surface area (Å²) in [7, 11) is 0. The predicted octanol–water partition coefficient (Wildman–Crippen LogP) is 2.69. The lowest BCUT2D eigenvalue weighted by Crippen LogP contribution is -2.15. The zero-order valence-electron chi connectivity index (χ0n) is 5.72. The molecule has 0 aromatic rings. The average molecular weight is 168 g/mol. The van der Waals surface area contributed by atoms with Crippen molar-refractivity contribution in [3.63, 3.8) is 0 Å². The summed E-state index contributed by atoms with van der Waals surface area (Å²) < 4.78 is 0. The van der Waals surface area contributed by atoms with Crippen LogP contribution in [-0.2, 0) is 0 Å². The van der Waals surface area contributed by atoms with Crippen LogP contribution in [0, 0.1) is 0 Å². The van der Waals surface area contributed by atoms with E-state index in [0.29, 0.717) is 0 Å². The fraction of sp³-hybridized carbons (Fsp3) is 0.125. The number of allylic oxidation sites excluding steroid dienone is 4. The van der Waals surface area contributed by atoms with Crippen LogP contribution in [0.25, 0.3) is 0 Å². The van der Waals surface area contributed by atoms with Crippen LogP contribution in [0.4, 0.5) is 0 Å². The summed E-state index contributed by atoms with van der Waals surface area (Å²) in [6, 6.07) is 0. The Hall–Kier alpha value is -0.340. The molecule has 2 heteroatoms. The average Bonchev–Trinajstić information content (AvgIpc) is 1.90. The Morgan fingerprint density at radius 2 is 2.20 bits per heavy atom. The zero-order valence-corrected chi connectivity index (χ0v) is 7.43. The van der Waals surface area contributed by atoms with Gasteiger partial charge in [-0.2, -0.15) is 0 Å². The highest BCUT2D eigenvalue weighted by Crippen LogP contribution is 2.34. The number of thiocarbonyl (C=S) groups is 1. The normalized spacial score (nSPS) is 21.4. The van der Waals surface area contributed by atoms with Crippen molar-refractivity contribution in [2.24, 2.45) is 0 Å². The molecule has 52 valence electrons. The molecule has 0 saturated heterocycles. The van der Waals surface area contributed by atoms with E-state index in [9.17, 15) is 0 Å². The van der Waals surface area contributed by atoms with Gasteiger partial charge in [-0.1, -0.05) is 30.9 Å². The molecule has 0 nitrogen and oxygen atoms in total. The Balaban J connectivity index is 3.10. The van der Waals surface area contributed by atoms with E-state index in [4.69, 9.17) is 12.2 Å². The van der Waals surface area contributed by atoms with Gasteiger partial charge in [-0.3, -0.25) is 0 Å². The summed E-state index contributed by atoms with van der Waals surface area (Å²) in [4.78, 5) is 1.87. The SMILES string of the molecule is C=CC1=C(S)C(=CC)C1=S. The lowest BCUT2D eigenvalue weighted by atomic mass is 9.92. The van der Waals surface area contributed by atoms with E-state index in [0.717, 1.165) is 20.9 Å². The number of hydrogen-bond donors (Lipinski definition) is 1. The van der Waals surface area contributed by atoms with Crippen LogP contribution in [-0.4, -0.2) is 4.86 Å². The summed E-state index contributed by atoms with van der Waals surface area (Å²) >= 11 is 9.30. The molecule has 1 aliphatic rings. The van der Waals surface area contributed by atoms with Gasteiger partial charge in [0.05, 0.1) is 4.86 Å². The fourth-order valence-electron chi connectivity index (χ4n) is 0.900. The molecule has 0 saturated carbocycles. The van der Waals surface area contributed by atoms with Crippen LogP contribution in [0.5, 0.6) is 0 Å². The molecule has 0 aliphatic heterocycles. The topological polar surface area (TPSA) is 0 Å². The molecule has 0 unspecified atom stereocenters. The summed E-state index contributed by atoms with van der Waals surface area (Å²) in [6.45, 7) is 5.59. The van der Waals surface area contributed by atoms with Crippen molar-refractivity contribution in [1.29, 1.82) is 0 Å². The molecule has 1 rings (SSSR count). The second-order valence-corrected chi connectivity index (χ2v) is 2.85. The van der Waals surface area contributed by atoms with E-state index in [2.05, 4.69) is 19.2 Å². The maximum absolute atomic E-state index is 5.06. The third-order valence-corrected chi connectivity index (χ3v) is 2.41. The smallest absolute Gasteiger partial charge is 0.0541 e. The maximum atomic E-state index is 5.06. The third kappa shape index (κ3) is 0.879. The second-order valence-electron chi connectivity index (χ2n) is 2.00. The van der Waals surface area contributed by atoms with Gasteiger partial charge in [0.25, 0.3) is 0 Å². The third-order valence-electron chi connectivity index (χ3n) is 1.49. The Kier molecular flexibility index (Phi) is 2.11. The van der Waals surface area contributed by atoms with Crippen molar-refractivity contribution in [3.8, 4) is 0 Å². The minimum Gasteiger partial charge on any atom is -0.142 e. The van der Waals surface area contributed by atoms with Crippen molar-refractivity contribution in [1.82, 2.24) is 0 Å². The van der Waals surface area contributed by atoms with Gasteiger partial charge in [0.15, 0.2) is 0 Å². The first-order valence-corrected chi connectivity index (χ1v) is 3.85. The first-order chi connectivity index (χ1) is 4.72. The highest BCUT2D eigenvalue weighted by Gasteiger charge is 2.23. The van der Waals surface area contributed by atoms with Gasteiger partial charge < -0.3 is 0 Å². The molecule has 0 spiro atoms. The first kappa shape index (κ1) is 7.76. The Labute approximate surface area is 71.7 Å². The van der Waals surface area contributed by atoms with Gasteiger partial charge in [0.2, 0.25) is 0 Å². The predicted molar refractivity (Wildman–Crippen MR) is 52.6 cm³/mol. The highest BCUT2D eigenvalue weighted by molar-refractivity contribution is 7.86. The van der Waals surface area contributed by atoms with Crippen molar-refractivity contribution < 1.29 is 0 Å². The van der Waals surface area contributed by atoms with Crippen molar-refractivity contribution >= 4 is 29.7 Å². The molecule has 0 heterocycles. The van der Waals surface area contributed by atoms with Gasteiger partial charge >= 0.3 is 0 Å². The van der Waals surface area contributed by atoms with Crippen molar-refractivity contribution in [2.75, 3.05) is 0 Å². The van der Waals surface area contributed by atoms with Gasteiger partial charge in [-0.25, -0.2) is 0 Å². The second kappa shape index (κ2) is 2.72. The minimum atomic E-state index is 0.891. The Bertz CT molecular complexity index is 256. The largest absolute Gasteiger partial charge is 0.142 e. The number of thiol groups is 1. The van der Waals surface area contributed by atoms with E-state index in [1.807, 2.05) is 13.0 Å². The highest BCUT2D eigenvalue weighted by atomic mass is 32.1. The van der Waals surface area contributed by atoms with Crippen molar-refractivity contribution in [3.05, 3.63) is 34.8 Å².